The summed E-state index contributed by atoms with van der Waals surface area (Å²) in [5.41, 5.74) is 3.07. The number of hydrogen-bond acceptors (Lipinski definition) is 6. The van der Waals surface area contributed by atoms with Crippen molar-refractivity contribution >= 4 is 23.3 Å². The van der Waals surface area contributed by atoms with Gasteiger partial charge in [0, 0.05) is 49.8 Å². The van der Waals surface area contributed by atoms with Crippen LogP contribution in [0.4, 0.5) is 11.4 Å². The number of methoxy groups -OCH3 is 1. The Kier molecular flexibility index (Phi) is 6.13. The number of ether oxygens (including phenoxy) is 1. The van der Waals surface area contributed by atoms with E-state index in [9.17, 15) is 9.59 Å². The minimum atomic E-state index is -0.328. The van der Waals surface area contributed by atoms with E-state index in [1.165, 1.54) is 7.11 Å². The van der Waals surface area contributed by atoms with Gasteiger partial charge in [-0.25, -0.2) is 4.79 Å². The SMILES string of the molecule is CCNC(=O)c1cc(N2CCN(c3ccc(C(=O)OC)cc3)CC2C)ccn1. The molecule has 1 aliphatic rings. The molecule has 0 aliphatic carbocycles. The number of aromatic nitrogens is 1. The summed E-state index contributed by atoms with van der Waals surface area (Å²) in [5, 5.41) is 2.79. The van der Waals surface area contributed by atoms with E-state index in [-0.39, 0.29) is 17.9 Å². The van der Waals surface area contributed by atoms with E-state index in [1.54, 1.807) is 18.3 Å². The lowest BCUT2D eigenvalue weighted by atomic mass is 10.1. The van der Waals surface area contributed by atoms with E-state index in [4.69, 9.17) is 4.74 Å². The molecule has 0 bridgehead atoms. The van der Waals surface area contributed by atoms with E-state index in [0.29, 0.717) is 17.8 Å². The van der Waals surface area contributed by atoms with Crippen LogP contribution >= 0.6 is 0 Å². The number of esters is 1. The van der Waals surface area contributed by atoms with Crippen LogP contribution < -0.4 is 15.1 Å². The number of anilines is 2. The van der Waals surface area contributed by atoms with Crippen LogP contribution in [-0.2, 0) is 4.74 Å². The Balaban J connectivity index is 1.69. The van der Waals surface area contributed by atoms with Crippen molar-refractivity contribution in [2.24, 2.45) is 0 Å². The second kappa shape index (κ2) is 8.73. The normalized spacial score (nSPS) is 16.6. The number of amides is 1. The highest BCUT2D eigenvalue weighted by Gasteiger charge is 2.25. The number of nitrogens with one attached hydrogen (secondary N) is 1. The monoisotopic (exact) mass is 382 g/mol. The number of benzene rings is 1. The number of carbonyl (C=O) groups is 2. The summed E-state index contributed by atoms with van der Waals surface area (Å²) >= 11 is 0. The molecule has 1 N–H and O–H groups in total. The smallest absolute Gasteiger partial charge is 0.337 e. The molecule has 2 heterocycles. The first-order valence-electron chi connectivity index (χ1n) is 9.47. The molecule has 1 aromatic heterocycles. The topological polar surface area (TPSA) is 74.8 Å². The molecule has 1 fully saturated rings. The average Bonchev–Trinajstić information content (AvgIpc) is 2.73. The summed E-state index contributed by atoms with van der Waals surface area (Å²) in [7, 11) is 1.38. The van der Waals surface area contributed by atoms with Crippen LogP contribution in [0.1, 0.15) is 34.7 Å². The molecule has 0 spiro atoms. The van der Waals surface area contributed by atoms with E-state index in [0.717, 1.165) is 31.0 Å². The zero-order chi connectivity index (χ0) is 20.1. The Bertz CT molecular complexity index is 838. The van der Waals surface area contributed by atoms with Gasteiger partial charge < -0.3 is 19.9 Å². The van der Waals surface area contributed by atoms with Crippen molar-refractivity contribution in [1.29, 1.82) is 0 Å². The Morgan fingerprint density at radius 1 is 1.18 bits per heavy atom. The van der Waals surface area contributed by atoms with Gasteiger partial charge in [0.05, 0.1) is 12.7 Å². The number of hydrogen-bond donors (Lipinski definition) is 1. The van der Waals surface area contributed by atoms with Crippen LogP contribution in [0, 0.1) is 0 Å². The molecular weight excluding hydrogens is 356 g/mol. The zero-order valence-electron chi connectivity index (χ0n) is 16.5. The Hall–Kier alpha value is -3.09. The summed E-state index contributed by atoms with van der Waals surface area (Å²) in [5.74, 6) is -0.480. The van der Waals surface area contributed by atoms with Crippen molar-refractivity contribution in [2.75, 3.05) is 43.1 Å². The van der Waals surface area contributed by atoms with Crippen molar-refractivity contribution in [3.05, 3.63) is 53.9 Å². The molecule has 7 heteroatoms. The number of pyridine rings is 1. The van der Waals surface area contributed by atoms with Crippen molar-refractivity contribution in [3.63, 3.8) is 0 Å². The van der Waals surface area contributed by atoms with Gasteiger partial charge in [-0.05, 0) is 50.2 Å². The Morgan fingerprint density at radius 2 is 1.93 bits per heavy atom. The van der Waals surface area contributed by atoms with E-state index in [2.05, 4.69) is 27.0 Å². The average molecular weight is 382 g/mol. The standard InChI is InChI=1S/C21H26N4O3/c1-4-22-20(26)19-13-18(9-10-23-19)25-12-11-24(14-15(25)2)17-7-5-16(6-8-17)21(27)28-3/h5-10,13,15H,4,11-12,14H2,1-3H3,(H,22,26). The molecule has 1 amide bonds. The zero-order valence-corrected chi connectivity index (χ0v) is 16.5. The van der Waals surface area contributed by atoms with Crippen molar-refractivity contribution in [1.82, 2.24) is 10.3 Å². The molecule has 1 aromatic carbocycles. The van der Waals surface area contributed by atoms with Gasteiger partial charge in [-0.15, -0.1) is 0 Å². The van der Waals surface area contributed by atoms with Gasteiger partial charge in [-0.3, -0.25) is 9.78 Å². The second-order valence-corrected chi connectivity index (χ2v) is 6.79. The quantitative estimate of drug-likeness (QED) is 0.800. The minimum absolute atomic E-state index is 0.152. The Morgan fingerprint density at radius 3 is 2.57 bits per heavy atom. The summed E-state index contributed by atoms with van der Waals surface area (Å²) in [6.45, 7) is 7.16. The molecule has 0 radical (unpaired) electrons. The molecule has 7 nitrogen and oxygen atoms in total. The fourth-order valence-corrected chi connectivity index (χ4v) is 3.48. The highest BCUT2D eigenvalue weighted by molar-refractivity contribution is 5.93. The lowest BCUT2D eigenvalue weighted by Gasteiger charge is -2.42. The van der Waals surface area contributed by atoms with E-state index >= 15 is 0 Å². The van der Waals surface area contributed by atoms with Gasteiger partial charge in [0.25, 0.3) is 5.91 Å². The van der Waals surface area contributed by atoms with Gasteiger partial charge in [-0.1, -0.05) is 0 Å². The van der Waals surface area contributed by atoms with E-state index < -0.39 is 0 Å². The predicted octanol–water partition coefficient (Wildman–Crippen LogP) is 2.33. The van der Waals surface area contributed by atoms with Crippen molar-refractivity contribution < 1.29 is 14.3 Å². The second-order valence-electron chi connectivity index (χ2n) is 6.79. The summed E-state index contributed by atoms with van der Waals surface area (Å²) in [4.78, 5) is 32.4. The molecular formula is C21H26N4O3. The predicted molar refractivity (Wildman–Crippen MR) is 109 cm³/mol. The first kappa shape index (κ1) is 19.7. The number of nitrogens with zero attached hydrogens (tertiary/aromatic N) is 3. The third-order valence-electron chi connectivity index (χ3n) is 4.93. The van der Waals surface area contributed by atoms with Crippen LogP contribution in [0.3, 0.4) is 0 Å². The molecule has 28 heavy (non-hydrogen) atoms. The first-order chi connectivity index (χ1) is 13.5. The molecule has 0 saturated carbocycles. The number of rotatable bonds is 5. The van der Waals surface area contributed by atoms with E-state index in [1.807, 2.05) is 31.2 Å². The third kappa shape index (κ3) is 4.24. The maximum absolute atomic E-state index is 12.1. The van der Waals surface area contributed by atoms with Crippen LogP contribution in [0.15, 0.2) is 42.6 Å². The molecule has 3 rings (SSSR count). The van der Waals surface area contributed by atoms with Gasteiger partial charge in [-0.2, -0.15) is 0 Å². The van der Waals surface area contributed by atoms with Crippen molar-refractivity contribution in [3.8, 4) is 0 Å². The van der Waals surface area contributed by atoms with Gasteiger partial charge >= 0.3 is 5.97 Å². The van der Waals surface area contributed by atoms with Gasteiger partial charge in [0.2, 0.25) is 0 Å². The number of carbonyl (C=O) groups excluding carboxylic acids is 2. The maximum atomic E-state index is 12.1. The lowest BCUT2D eigenvalue weighted by molar-refractivity contribution is 0.0600. The highest BCUT2D eigenvalue weighted by atomic mass is 16.5. The summed E-state index contributed by atoms with van der Waals surface area (Å²) in [6.07, 6.45) is 1.69. The van der Waals surface area contributed by atoms with Crippen LogP contribution in [-0.4, -0.2) is 56.2 Å². The number of piperazine rings is 1. The Labute approximate surface area is 165 Å². The fourth-order valence-electron chi connectivity index (χ4n) is 3.48. The summed E-state index contributed by atoms with van der Waals surface area (Å²) in [6, 6.07) is 11.5. The third-order valence-corrected chi connectivity index (χ3v) is 4.93. The molecule has 148 valence electrons. The van der Waals surface area contributed by atoms with Crippen LogP contribution in [0.2, 0.25) is 0 Å². The van der Waals surface area contributed by atoms with Crippen molar-refractivity contribution in [2.45, 2.75) is 19.9 Å². The van der Waals surface area contributed by atoms with Gasteiger partial charge in [0.15, 0.2) is 0 Å². The molecule has 1 atom stereocenters. The molecule has 2 aromatic rings. The molecule has 1 unspecified atom stereocenters. The van der Waals surface area contributed by atoms with Crippen LogP contribution in [0.5, 0.6) is 0 Å². The highest BCUT2D eigenvalue weighted by Crippen LogP contribution is 2.24. The fraction of sp³-hybridized carbons (Fsp3) is 0.381. The minimum Gasteiger partial charge on any atom is -0.465 e. The first-order valence-corrected chi connectivity index (χ1v) is 9.47. The molecule has 1 saturated heterocycles. The maximum Gasteiger partial charge on any atom is 0.337 e. The lowest BCUT2D eigenvalue weighted by Crippen LogP contribution is -2.52. The largest absolute Gasteiger partial charge is 0.465 e. The summed E-state index contributed by atoms with van der Waals surface area (Å²) < 4.78 is 4.75. The molecule has 1 aliphatic heterocycles. The van der Waals surface area contributed by atoms with Gasteiger partial charge in [0.1, 0.15) is 5.69 Å². The van der Waals surface area contributed by atoms with Crippen LogP contribution in [0.25, 0.3) is 0 Å².